The Morgan fingerprint density at radius 3 is 2.38 bits per heavy atom. The van der Waals surface area contributed by atoms with Gasteiger partial charge in [-0.3, -0.25) is 4.90 Å². The van der Waals surface area contributed by atoms with E-state index < -0.39 is 0 Å². The van der Waals surface area contributed by atoms with E-state index in [0.29, 0.717) is 18.2 Å². The molecule has 2 aliphatic rings. The van der Waals surface area contributed by atoms with E-state index in [9.17, 15) is 0 Å². The molecule has 0 spiro atoms. The third-order valence-corrected chi connectivity index (χ3v) is 5.72. The minimum absolute atomic E-state index is 0.254. The normalized spacial score (nSPS) is 28.2. The molecular weight excluding hydrogens is 294 g/mol. The van der Waals surface area contributed by atoms with E-state index in [1.807, 2.05) is 0 Å². The predicted octanol–water partition coefficient (Wildman–Crippen LogP) is 5.36. The lowest BCUT2D eigenvalue weighted by Gasteiger charge is -2.39. The van der Waals surface area contributed by atoms with Crippen LogP contribution < -0.4 is 0 Å². The number of piperidine rings is 1. The molecule has 2 bridgehead atoms. The summed E-state index contributed by atoms with van der Waals surface area (Å²) in [6.45, 7) is 9.57. The molecule has 24 heavy (non-hydrogen) atoms. The summed E-state index contributed by atoms with van der Waals surface area (Å²) in [5, 5.41) is 0. The predicted molar refractivity (Wildman–Crippen MR) is 101 cm³/mol. The van der Waals surface area contributed by atoms with Crippen LogP contribution in [0.2, 0.25) is 0 Å². The van der Waals surface area contributed by atoms with Crippen molar-refractivity contribution >= 4 is 0 Å². The van der Waals surface area contributed by atoms with E-state index in [1.165, 1.54) is 37.7 Å². The monoisotopic (exact) mass is 327 g/mol. The molecule has 2 heterocycles. The maximum absolute atomic E-state index is 6.68. The molecule has 2 nitrogen and oxygen atoms in total. The van der Waals surface area contributed by atoms with E-state index in [2.05, 4.69) is 61.7 Å². The summed E-state index contributed by atoms with van der Waals surface area (Å²) in [6.07, 6.45) is 10.1. The highest BCUT2D eigenvalue weighted by Crippen LogP contribution is 2.39. The van der Waals surface area contributed by atoms with Crippen molar-refractivity contribution in [3.8, 4) is 0 Å². The minimum Gasteiger partial charge on any atom is -0.370 e. The van der Waals surface area contributed by atoms with Gasteiger partial charge in [-0.05, 0) is 50.0 Å². The molecule has 3 rings (SSSR count). The van der Waals surface area contributed by atoms with Gasteiger partial charge < -0.3 is 4.74 Å². The number of benzene rings is 1. The van der Waals surface area contributed by atoms with Crippen LogP contribution in [-0.4, -0.2) is 29.6 Å². The van der Waals surface area contributed by atoms with Gasteiger partial charge in [0.15, 0.2) is 0 Å². The molecule has 2 fully saturated rings. The third-order valence-electron chi connectivity index (χ3n) is 5.72. The topological polar surface area (TPSA) is 12.5 Å². The van der Waals surface area contributed by atoms with E-state index in [-0.39, 0.29) is 6.10 Å². The van der Waals surface area contributed by atoms with E-state index in [4.69, 9.17) is 4.74 Å². The molecule has 0 N–H and O–H groups in total. The van der Waals surface area contributed by atoms with Crippen LogP contribution in [0, 0.1) is 5.92 Å². The molecule has 2 unspecified atom stereocenters. The Kier molecular flexibility index (Phi) is 6.13. The number of hydrogen-bond acceptors (Lipinski definition) is 2. The molecule has 0 saturated carbocycles. The lowest BCUT2D eigenvalue weighted by Crippen LogP contribution is -2.45. The molecule has 132 valence electrons. The fraction of sp³-hybridized carbons (Fsp3) is 0.636. The zero-order valence-electron chi connectivity index (χ0n) is 15.4. The summed E-state index contributed by atoms with van der Waals surface area (Å²) in [6, 6.07) is 12.2. The van der Waals surface area contributed by atoms with Gasteiger partial charge in [0.2, 0.25) is 0 Å². The first-order valence-electron chi connectivity index (χ1n) is 9.74. The van der Waals surface area contributed by atoms with Crippen LogP contribution in [0.3, 0.4) is 0 Å². The van der Waals surface area contributed by atoms with Crippen LogP contribution in [-0.2, 0) is 4.74 Å². The van der Waals surface area contributed by atoms with Gasteiger partial charge in [-0.2, -0.15) is 0 Å². The van der Waals surface area contributed by atoms with Gasteiger partial charge >= 0.3 is 0 Å². The molecule has 0 aliphatic carbocycles. The van der Waals surface area contributed by atoms with Gasteiger partial charge in [0.1, 0.15) is 0 Å². The Morgan fingerprint density at radius 2 is 1.79 bits per heavy atom. The number of hydrogen-bond donors (Lipinski definition) is 0. The molecule has 2 saturated heterocycles. The highest BCUT2D eigenvalue weighted by molar-refractivity contribution is 5.17. The lowest BCUT2D eigenvalue weighted by molar-refractivity contribution is -0.0647. The zero-order valence-corrected chi connectivity index (χ0v) is 15.4. The fourth-order valence-electron chi connectivity index (χ4n) is 4.48. The summed E-state index contributed by atoms with van der Waals surface area (Å²) in [4.78, 5) is 2.65. The van der Waals surface area contributed by atoms with Crippen LogP contribution >= 0.6 is 0 Å². The quantitative estimate of drug-likeness (QED) is 0.596. The molecular formula is C22H33NO. The second-order valence-corrected chi connectivity index (χ2v) is 7.97. The van der Waals surface area contributed by atoms with Gasteiger partial charge in [0, 0.05) is 18.6 Å². The second-order valence-electron chi connectivity index (χ2n) is 7.97. The molecule has 2 heteroatoms. The van der Waals surface area contributed by atoms with Crippen molar-refractivity contribution < 1.29 is 4.74 Å². The third kappa shape index (κ3) is 4.29. The summed E-state index contributed by atoms with van der Waals surface area (Å²) in [5.74, 6) is 0.727. The van der Waals surface area contributed by atoms with Crippen molar-refractivity contribution in [2.24, 2.45) is 5.92 Å². The Hall–Kier alpha value is -1.12. The number of rotatable bonds is 8. The van der Waals surface area contributed by atoms with Crippen molar-refractivity contribution in [2.75, 3.05) is 6.54 Å². The molecule has 2 aliphatic heterocycles. The van der Waals surface area contributed by atoms with E-state index in [1.54, 1.807) is 0 Å². The van der Waals surface area contributed by atoms with Gasteiger partial charge in [0.05, 0.1) is 12.2 Å². The summed E-state index contributed by atoms with van der Waals surface area (Å²) < 4.78 is 6.68. The van der Waals surface area contributed by atoms with Crippen LogP contribution in [0.5, 0.6) is 0 Å². The molecule has 0 aromatic heterocycles. The van der Waals surface area contributed by atoms with Crippen molar-refractivity contribution in [3.05, 3.63) is 48.6 Å². The zero-order chi connectivity index (χ0) is 16.9. The van der Waals surface area contributed by atoms with Gasteiger partial charge in [-0.25, -0.2) is 0 Å². The molecule has 1 aromatic rings. The first-order valence-corrected chi connectivity index (χ1v) is 9.74. The maximum atomic E-state index is 6.68. The fourth-order valence-corrected chi connectivity index (χ4v) is 4.48. The molecule has 0 radical (unpaired) electrons. The van der Waals surface area contributed by atoms with Crippen molar-refractivity contribution in [2.45, 2.75) is 76.7 Å². The van der Waals surface area contributed by atoms with E-state index in [0.717, 1.165) is 18.9 Å². The highest BCUT2D eigenvalue weighted by Gasteiger charge is 2.41. The summed E-state index contributed by atoms with van der Waals surface area (Å²) in [7, 11) is 0. The van der Waals surface area contributed by atoms with Gasteiger partial charge in [0.25, 0.3) is 0 Å². The van der Waals surface area contributed by atoms with Crippen molar-refractivity contribution in [1.29, 1.82) is 0 Å². The minimum atomic E-state index is 0.254. The smallest absolute Gasteiger partial charge is 0.0828 e. The summed E-state index contributed by atoms with van der Waals surface area (Å²) in [5.41, 5.74) is 1.35. The second kappa shape index (κ2) is 8.31. The van der Waals surface area contributed by atoms with Gasteiger partial charge in [-0.15, -0.1) is 6.58 Å². The van der Waals surface area contributed by atoms with E-state index >= 15 is 0 Å². The van der Waals surface area contributed by atoms with Gasteiger partial charge in [-0.1, -0.05) is 50.3 Å². The Balaban J connectivity index is 1.64. The largest absolute Gasteiger partial charge is 0.370 e. The maximum Gasteiger partial charge on any atom is 0.0828 e. The van der Waals surface area contributed by atoms with Crippen molar-refractivity contribution in [3.63, 3.8) is 0 Å². The highest BCUT2D eigenvalue weighted by atomic mass is 16.5. The van der Waals surface area contributed by atoms with Crippen LogP contribution in [0.25, 0.3) is 0 Å². The average molecular weight is 328 g/mol. The SMILES string of the molecule is C=CCN1[C@@H]2CC[C@H]1CC(OC(CCC(C)C)c1ccccc1)C2. The Morgan fingerprint density at radius 1 is 1.12 bits per heavy atom. The van der Waals surface area contributed by atoms with Crippen LogP contribution in [0.15, 0.2) is 43.0 Å². The van der Waals surface area contributed by atoms with Crippen molar-refractivity contribution in [1.82, 2.24) is 4.90 Å². The first-order chi connectivity index (χ1) is 11.7. The standard InChI is InChI=1S/C22H33NO/c1-4-14-23-19-11-12-20(23)16-21(15-19)24-22(13-10-17(2)3)18-8-6-5-7-9-18/h4-9,17,19-22H,1,10-16H2,2-3H3/t19-,20+,21?,22?. The Bertz CT molecular complexity index is 498. The molecule has 4 atom stereocenters. The van der Waals surface area contributed by atoms with Crippen LogP contribution in [0.1, 0.15) is 64.0 Å². The summed E-state index contributed by atoms with van der Waals surface area (Å²) >= 11 is 0. The average Bonchev–Trinajstić information content (AvgIpc) is 2.81. The number of ether oxygens (including phenoxy) is 1. The number of nitrogens with zero attached hydrogens (tertiary/aromatic N) is 1. The Labute approximate surface area is 147 Å². The molecule has 0 amide bonds. The van der Waals surface area contributed by atoms with Crippen LogP contribution in [0.4, 0.5) is 0 Å². The number of fused-ring (bicyclic) bond motifs is 2. The lowest BCUT2D eigenvalue weighted by atomic mass is 9.97. The first kappa shape index (κ1) is 17.7. The molecule has 1 aromatic carbocycles.